The number of halogens is 1. The molecule has 0 aromatic heterocycles. The highest BCUT2D eigenvalue weighted by Gasteiger charge is 2.15. The molecule has 1 heterocycles. The number of rotatable bonds is 3. The molecule has 1 aliphatic rings. The zero-order valence-corrected chi connectivity index (χ0v) is 13.0. The van der Waals surface area contributed by atoms with Gasteiger partial charge in [-0.1, -0.05) is 17.7 Å². The average molecular weight is 314 g/mol. The summed E-state index contributed by atoms with van der Waals surface area (Å²) >= 11 is 0. The molecule has 0 aliphatic carbocycles. The second-order valence-electron chi connectivity index (χ2n) is 5.58. The molecule has 0 saturated carbocycles. The summed E-state index contributed by atoms with van der Waals surface area (Å²) in [6.45, 7) is 4.78. The van der Waals surface area contributed by atoms with Crippen molar-refractivity contribution in [3.63, 3.8) is 0 Å². The van der Waals surface area contributed by atoms with E-state index in [2.05, 4.69) is 10.2 Å². The molecule has 4 nitrogen and oxygen atoms in total. The van der Waals surface area contributed by atoms with E-state index in [-0.39, 0.29) is 11.6 Å². The van der Waals surface area contributed by atoms with Crippen LogP contribution in [0.2, 0.25) is 0 Å². The van der Waals surface area contributed by atoms with Crippen molar-refractivity contribution in [2.75, 3.05) is 36.5 Å². The van der Waals surface area contributed by atoms with Crippen LogP contribution in [-0.2, 0) is 4.74 Å². The normalized spacial score (nSPS) is 14.6. The molecule has 2 aromatic rings. The van der Waals surface area contributed by atoms with Crippen molar-refractivity contribution in [2.45, 2.75) is 6.92 Å². The summed E-state index contributed by atoms with van der Waals surface area (Å²) < 4.78 is 19.3. The molecule has 0 spiro atoms. The van der Waals surface area contributed by atoms with Gasteiger partial charge in [-0.2, -0.15) is 0 Å². The molecule has 1 fully saturated rings. The van der Waals surface area contributed by atoms with Crippen LogP contribution in [0.3, 0.4) is 0 Å². The summed E-state index contributed by atoms with van der Waals surface area (Å²) in [4.78, 5) is 14.4. The van der Waals surface area contributed by atoms with Crippen LogP contribution in [0.25, 0.3) is 0 Å². The second-order valence-corrected chi connectivity index (χ2v) is 5.58. The lowest BCUT2D eigenvalue weighted by Gasteiger charge is -2.29. The molecule has 23 heavy (non-hydrogen) atoms. The second kappa shape index (κ2) is 6.79. The maximum atomic E-state index is 14.0. The van der Waals surface area contributed by atoms with Crippen LogP contribution in [0.4, 0.5) is 15.8 Å². The number of morpholine rings is 1. The van der Waals surface area contributed by atoms with Crippen molar-refractivity contribution in [2.24, 2.45) is 0 Å². The van der Waals surface area contributed by atoms with Crippen molar-refractivity contribution >= 4 is 17.3 Å². The maximum absolute atomic E-state index is 14.0. The van der Waals surface area contributed by atoms with E-state index < -0.39 is 5.82 Å². The van der Waals surface area contributed by atoms with Crippen LogP contribution in [-0.4, -0.2) is 32.2 Å². The Labute approximate surface area is 134 Å². The van der Waals surface area contributed by atoms with Gasteiger partial charge in [0.15, 0.2) is 0 Å². The molecule has 0 radical (unpaired) electrons. The smallest absolute Gasteiger partial charge is 0.255 e. The van der Waals surface area contributed by atoms with Gasteiger partial charge < -0.3 is 15.0 Å². The maximum Gasteiger partial charge on any atom is 0.255 e. The van der Waals surface area contributed by atoms with E-state index in [1.807, 2.05) is 19.1 Å². The van der Waals surface area contributed by atoms with Crippen LogP contribution in [0.5, 0.6) is 0 Å². The van der Waals surface area contributed by atoms with Crippen molar-refractivity contribution in [3.8, 4) is 0 Å². The molecule has 1 amide bonds. The largest absolute Gasteiger partial charge is 0.378 e. The molecule has 1 saturated heterocycles. The van der Waals surface area contributed by atoms with Crippen LogP contribution in [0, 0.1) is 12.7 Å². The molecule has 0 unspecified atom stereocenters. The quantitative estimate of drug-likeness (QED) is 0.946. The number of anilines is 2. The van der Waals surface area contributed by atoms with Gasteiger partial charge in [0.05, 0.1) is 18.9 Å². The minimum Gasteiger partial charge on any atom is -0.378 e. The number of carbonyl (C=O) groups is 1. The molecular formula is C18H19FN2O2. The number of aryl methyl sites for hydroxylation is 1. The first-order chi connectivity index (χ1) is 11.1. The first-order valence-corrected chi connectivity index (χ1v) is 7.64. The van der Waals surface area contributed by atoms with Crippen LogP contribution in [0.1, 0.15) is 15.9 Å². The highest BCUT2D eigenvalue weighted by molar-refractivity contribution is 6.04. The summed E-state index contributed by atoms with van der Waals surface area (Å²) in [6, 6.07) is 12.0. The number of nitrogens with one attached hydrogen (secondary N) is 1. The minimum absolute atomic E-state index is 0.194. The SMILES string of the molecule is Cc1ccc(C(=O)Nc2cc(N3CCOCC3)ccc2F)cc1. The Bertz CT molecular complexity index is 695. The topological polar surface area (TPSA) is 41.6 Å². The number of amides is 1. The first-order valence-electron chi connectivity index (χ1n) is 7.64. The lowest BCUT2D eigenvalue weighted by atomic mass is 10.1. The fourth-order valence-corrected chi connectivity index (χ4v) is 2.53. The Morgan fingerprint density at radius 1 is 1.13 bits per heavy atom. The molecule has 120 valence electrons. The molecule has 0 atom stereocenters. The number of carbonyl (C=O) groups excluding carboxylic acids is 1. The van der Waals surface area contributed by atoms with E-state index in [0.717, 1.165) is 24.3 Å². The van der Waals surface area contributed by atoms with Gasteiger partial charge >= 0.3 is 0 Å². The molecule has 5 heteroatoms. The zero-order chi connectivity index (χ0) is 16.2. The van der Waals surface area contributed by atoms with Gasteiger partial charge in [0, 0.05) is 24.3 Å². The predicted octanol–water partition coefficient (Wildman–Crippen LogP) is 3.22. The van der Waals surface area contributed by atoms with Gasteiger partial charge in [0.2, 0.25) is 0 Å². The van der Waals surface area contributed by atoms with Gasteiger partial charge in [-0.15, -0.1) is 0 Å². The van der Waals surface area contributed by atoms with Gasteiger partial charge in [0.25, 0.3) is 5.91 Å². The molecule has 2 aromatic carbocycles. The number of ether oxygens (including phenoxy) is 1. The van der Waals surface area contributed by atoms with E-state index in [0.29, 0.717) is 18.8 Å². The molecular weight excluding hydrogens is 295 g/mol. The molecule has 1 aliphatic heterocycles. The van der Waals surface area contributed by atoms with E-state index in [4.69, 9.17) is 4.74 Å². The number of hydrogen-bond donors (Lipinski definition) is 1. The van der Waals surface area contributed by atoms with Crippen molar-refractivity contribution in [1.29, 1.82) is 0 Å². The van der Waals surface area contributed by atoms with Gasteiger partial charge in [-0.05, 0) is 37.3 Å². The summed E-state index contributed by atoms with van der Waals surface area (Å²) in [7, 11) is 0. The third kappa shape index (κ3) is 3.68. The number of hydrogen-bond acceptors (Lipinski definition) is 3. The van der Waals surface area contributed by atoms with Crippen molar-refractivity contribution in [1.82, 2.24) is 0 Å². The lowest BCUT2D eigenvalue weighted by molar-refractivity contribution is 0.102. The van der Waals surface area contributed by atoms with E-state index in [1.165, 1.54) is 6.07 Å². The van der Waals surface area contributed by atoms with Crippen LogP contribution in [0.15, 0.2) is 42.5 Å². The predicted molar refractivity (Wildman–Crippen MR) is 88.6 cm³/mol. The van der Waals surface area contributed by atoms with Gasteiger partial charge in [-0.25, -0.2) is 4.39 Å². The highest BCUT2D eigenvalue weighted by Crippen LogP contribution is 2.24. The Hall–Kier alpha value is -2.40. The zero-order valence-electron chi connectivity index (χ0n) is 13.0. The summed E-state index contributed by atoms with van der Waals surface area (Å²) in [5.41, 5.74) is 2.65. The third-order valence-corrected chi connectivity index (χ3v) is 3.89. The molecule has 3 rings (SSSR count). The Balaban J connectivity index is 1.78. The number of benzene rings is 2. The summed E-state index contributed by atoms with van der Waals surface area (Å²) in [5, 5.41) is 2.65. The third-order valence-electron chi connectivity index (χ3n) is 3.89. The summed E-state index contributed by atoms with van der Waals surface area (Å²) in [6.07, 6.45) is 0. The highest BCUT2D eigenvalue weighted by atomic mass is 19.1. The van der Waals surface area contributed by atoms with E-state index in [1.54, 1.807) is 24.3 Å². The van der Waals surface area contributed by atoms with Crippen molar-refractivity contribution < 1.29 is 13.9 Å². The molecule has 1 N–H and O–H groups in total. The van der Waals surface area contributed by atoms with Crippen LogP contribution >= 0.6 is 0 Å². The van der Waals surface area contributed by atoms with E-state index >= 15 is 0 Å². The standard InChI is InChI=1S/C18H19FN2O2/c1-13-2-4-14(5-3-13)18(22)20-17-12-15(6-7-16(17)19)21-8-10-23-11-9-21/h2-7,12H,8-11H2,1H3,(H,20,22). The average Bonchev–Trinajstić information content (AvgIpc) is 2.58. The van der Waals surface area contributed by atoms with Gasteiger partial charge in [-0.3, -0.25) is 4.79 Å². The number of nitrogens with zero attached hydrogens (tertiary/aromatic N) is 1. The van der Waals surface area contributed by atoms with Crippen molar-refractivity contribution in [3.05, 3.63) is 59.4 Å². The Morgan fingerprint density at radius 3 is 2.52 bits per heavy atom. The lowest BCUT2D eigenvalue weighted by Crippen LogP contribution is -2.36. The fourth-order valence-electron chi connectivity index (χ4n) is 2.53. The van der Waals surface area contributed by atoms with Gasteiger partial charge in [0.1, 0.15) is 5.82 Å². The fraction of sp³-hybridized carbons (Fsp3) is 0.278. The summed E-state index contributed by atoms with van der Waals surface area (Å²) in [5.74, 6) is -0.759. The van der Waals surface area contributed by atoms with Crippen LogP contribution < -0.4 is 10.2 Å². The Kier molecular flexibility index (Phi) is 4.57. The van der Waals surface area contributed by atoms with E-state index in [9.17, 15) is 9.18 Å². The Morgan fingerprint density at radius 2 is 1.83 bits per heavy atom. The molecule has 0 bridgehead atoms. The first kappa shape index (κ1) is 15.5. The monoisotopic (exact) mass is 314 g/mol. The minimum atomic E-state index is -0.442.